The SMILES string of the molecule is CCc1cc(N)cc(Cl)c1N1CCCC(C)C1. The fraction of sp³-hybridized carbons (Fsp3) is 0.571. The predicted octanol–water partition coefficient (Wildman–Crippen LogP) is 3.72. The lowest BCUT2D eigenvalue weighted by Crippen LogP contribution is -2.35. The molecule has 0 bridgehead atoms. The lowest BCUT2D eigenvalue weighted by atomic mass is 9.98. The van der Waals surface area contributed by atoms with Crippen LogP contribution in [-0.4, -0.2) is 13.1 Å². The van der Waals surface area contributed by atoms with Crippen molar-refractivity contribution in [2.75, 3.05) is 23.7 Å². The Kier molecular flexibility index (Phi) is 3.82. The maximum Gasteiger partial charge on any atom is 0.0662 e. The molecule has 2 rings (SSSR count). The molecule has 0 aliphatic carbocycles. The molecule has 1 aromatic carbocycles. The minimum absolute atomic E-state index is 0.752. The van der Waals surface area contributed by atoms with Gasteiger partial charge in [0.1, 0.15) is 0 Å². The van der Waals surface area contributed by atoms with Crippen LogP contribution in [0.1, 0.15) is 32.3 Å². The van der Waals surface area contributed by atoms with Crippen LogP contribution >= 0.6 is 11.6 Å². The lowest BCUT2D eigenvalue weighted by Gasteiger charge is -2.34. The van der Waals surface area contributed by atoms with Crippen LogP contribution in [0.15, 0.2) is 12.1 Å². The highest BCUT2D eigenvalue weighted by atomic mass is 35.5. The molecular weight excluding hydrogens is 232 g/mol. The smallest absolute Gasteiger partial charge is 0.0662 e. The van der Waals surface area contributed by atoms with Crippen molar-refractivity contribution >= 4 is 23.0 Å². The Balaban J connectivity index is 2.36. The molecule has 1 aliphatic rings. The summed E-state index contributed by atoms with van der Waals surface area (Å²) < 4.78 is 0. The third-order valence-corrected chi connectivity index (χ3v) is 3.81. The van der Waals surface area contributed by atoms with Crippen LogP contribution in [0.2, 0.25) is 5.02 Å². The first kappa shape index (κ1) is 12.6. The Hall–Kier alpha value is -0.890. The topological polar surface area (TPSA) is 29.3 Å². The number of nitrogen functional groups attached to an aromatic ring is 1. The monoisotopic (exact) mass is 252 g/mol. The molecule has 0 aromatic heterocycles. The van der Waals surface area contributed by atoms with Crippen molar-refractivity contribution in [3.05, 3.63) is 22.7 Å². The molecule has 0 saturated carbocycles. The van der Waals surface area contributed by atoms with Gasteiger partial charge in [0.25, 0.3) is 0 Å². The second-order valence-electron chi connectivity index (χ2n) is 5.06. The largest absolute Gasteiger partial charge is 0.399 e. The Morgan fingerprint density at radius 2 is 2.24 bits per heavy atom. The van der Waals surface area contributed by atoms with Gasteiger partial charge in [-0.1, -0.05) is 25.4 Å². The van der Waals surface area contributed by atoms with Crippen LogP contribution in [-0.2, 0) is 6.42 Å². The fourth-order valence-electron chi connectivity index (χ4n) is 2.70. The second kappa shape index (κ2) is 5.18. The number of halogens is 1. The quantitative estimate of drug-likeness (QED) is 0.813. The number of piperidine rings is 1. The van der Waals surface area contributed by atoms with Crippen molar-refractivity contribution in [3.63, 3.8) is 0 Å². The molecule has 1 unspecified atom stereocenters. The highest BCUT2D eigenvalue weighted by molar-refractivity contribution is 6.33. The van der Waals surface area contributed by atoms with E-state index in [9.17, 15) is 0 Å². The molecule has 0 amide bonds. The van der Waals surface area contributed by atoms with Gasteiger partial charge in [0.2, 0.25) is 0 Å². The van der Waals surface area contributed by atoms with E-state index in [1.165, 1.54) is 24.1 Å². The standard InChI is InChI=1S/C14H21ClN2/c1-3-11-7-12(16)8-13(15)14(11)17-6-4-5-10(2)9-17/h7-8,10H,3-6,9,16H2,1-2H3. The summed E-state index contributed by atoms with van der Waals surface area (Å²) in [6.07, 6.45) is 3.56. The lowest BCUT2D eigenvalue weighted by molar-refractivity contribution is 0.446. The van der Waals surface area contributed by atoms with Crippen LogP contribution in [0.5, 0.6) is 0 Å². The van der Waals surface area contributed by atoms with Crippen molar-refractivity contribution in [1.29, 1.82) is 0 Å². The highest BCUT2D eigenvalue weighted by Crippen LogP contribution is 2.35. The zero-order chi connectivity index (χ0) is 12.4. The van der Waals surface area contributed by atoms with Crippen LogP contribution in [0.4, 0.5) is 11.4 Å². The van der Waals surface area contributed by atoms with Crippen LogP contribution < -0.4 is 10.6 Å². The van der Waals surface area contributed by atoms with Gasteiger partial charge >= 0.3 is 0 Å². The zero-order valence-electron chi connectivity index (χ0n) is 10.7. The summed E-state index contributed by atoms with van der Waals surface area (Å²) in [6.45, 7) is 6.68. The second-order valence-corrected chi connectivity index (χ2v) is 5.46. The Morgan fingerprint density at radius 1 is 1.47 bits per heavy atom. The first-order chi connectivity index (χ1) is 8.11. The van der Waals surface area contributed by atoms with E-state index in [2.05, 4.69) is 24.8 Å². The van der Waals surface area contributed by atoms with Crippen molar-refractivity contribution in [2.24, 2.45) is 5.92 Å². The number of hydrogen-bond donors (Lipinski definition) is 1. The molecule has 1 fully saturated rings. The van der Waals surface area contributed by atoms with E-state index in [1.807, 2.05) is 6.07 Å². The summed E-state index contributed by atoms with van der Waals surface area (Å²) in [5, 5.41) is 0.802. The summed E-state index contributed by atoms with van der Waals surface area (Å²) in [6, 6.07) is 3.93. The molecular formula is C14H21ClN2. The van der Waals surface area contributed by atoms with E-state index in [-0.39, 0.29) is 0 Å². The average molecular weight is 253 g/mol. The van der Waals surface area contributed by atoms with E-state index in [4.69, 9.17) is 17.3 Å². The van der Waals surface area contributed by atoms with Crippen molar-refractivity contribution < 1.29 is 0 Å². The number of hydrogen-bond acceptors (Lipinski definition) is 2. The van der Waals surface area contributed by atoms with Gasteiger partial charge in [-0.2, -0.15) is 0 Å². The predicted molar refractivity (Wildman–Crippen MR) is 75.9 cm³/mol. The Bertz CT molecular complexity index is 403. The van der Waals surface area contributed by atoms with Crippen LogP contribution in [0, 0.1) is 5.92 Å². The average Bonchev–Trinajstić information content (AvgIpc) is 2.27. The number of nitrogens with zero attached hydrogens (tertiary/aromatic N) is 1. The van der Waals surface area contributed by atoms with Gasteiger partial charge in [-0.15, -0.1) is 0 Å². The molecule has 1 aromatic rings. The van der Waals surface area contributed by atoms with Crippen molar-refractivity contribution in [3.8, 4) is 0 Å². The van der Waals surface area contributed by atoms with Crippen LogP contribution in [0.25, 0.3) is 0 Å². The first-order valence-corrected chi connectivity index (χ1v) is 6.82. The fourth-order valence-corrected chi connectivity index (χ4v) is 3.06. The molecule has 1 saturated heterocycles. The number of rotatable bonds is 2. The zero-order valence-corrected chi connectivity index (χ0v) is 11.4. The number of nitrogens with two attached hydrogens (primary N) is 1. The summed E-state index contributed by atoms with van der Waals surface area (Å²) in [5.41, 5.74) is 9.09. The minimum atomic E-state index is 0.752. The highest BCUT2D eigenvalue weighted by Gasteiger charge is 2.20. The maximum atomic E-state index is 6.37. The summed E-state index contributed by atoms with van der Waals surface area (Å²) in [7, 11) is 0. The number of benzene rings is 1. The van der Waals surface area contributed by atoms with Crippen LogP contribution in [0.3, 0.4) is 0 Å². The van der Waals surface area contributed by atoms with E-state index >= 15 is 0 Å². The molecule has 17 heavy (non-hydrogen) atoms. The summed E-state index contributed by atoms with van der Waals surface area (Å²) in [5.74, 6) is 0.752. The molecule has 1 aliphatic heterocycles. The van der Waals surface area contributed by atoms with Gasteiger partial charge < -0.3 is 10.6 Å². The van der Waals surface area contributed by atoms with Gasteiger partial charge in [0.05, 0.1) is 10.7 Å². The molecule has 2 N–H and O–H groups in total. The summed E-state index contributed by atoms with van der Waals surface area (Å²) >= 11 is 6.37. The molecule has 94 valence electrons. The van der Waals surface area contributed by atoms with Gasteiger partial charge in [-0.05, 0) is 42.9 Å². The Morgan fingerprint density at radius 3 is 2.88 bits per heavy atom. The van der Waals surface area contributed by atoms with E-state index in [1.54, 1.807) is 0 Å². The van der Waals surface area contributed by atoms with Gasteiger partial charge in [-0.3, -0.25) is 0 Å². The third kappa shape index (κ3) is 2.68. The minimum Gasteiger partial charge on any atom is -0.399 e. The third-order valence-electron chi connectivity index (χ3n) is 3.52. The van der Waals surface area contributed by atoms with E-state index < -0.39 is 0 Å². The van der Waals surface area contributed by atoms with Gasteiger partial charge in [-0.25, -0.2) is 0 Å². The maximum absolute atomic E-state index is 6.37. The summed E-state index contributed by atoms with van der Waals surface area (Å²) in [4.78, 5) is 2.43. The molecule has 2 nitrogen and oxygen atoms in total. The molecule has 0 spiro atoms. The van der Waals surface area contributed by atoms with Gasteiger partial charge in [0, 0.05) is 18.8 Å². The van der Waals surface area contributed by atoms with Gasteiger partial charge in [0.15, 0.2) is 0 Å². The number of anilines is 2. The number of aryl methyl sites for hydroxylation is 1. The Labute approximate surface area is 109 Å². The van der Waals surface area contributed by atoms with E-state index in [0.717, 1.165) is 36.1 Å². The molecule has 3 heteroatoms. The molecule has 0 radical (unpaired) electrons. The molecule has 1 heterocycles. The molecule has 1 atom stereocenters. The first-order valence-electron chi connectivity index (χ1n) is 6.44. The van der Waals surface area contributed by atoms with Crippen molar-refractivity contribution in [1.82, 2.24) is 0 Å². The van der Waals surface area contributed by atoms with E-state index in [0.29, 0.717) is 0 Å². The normalized spacial score (nSPS) is 20.6. The van der Waals surface area contributed by atoms with Crippen molar-refractivity contribution in [2.45, 2.75) is 33.1 Å².